The molecule has 1 saturated heterocycles. The summed E-state index contributed by atoms with van der Waals surface area (Å²) in [6.45, 7) is 7.15. The smallest absolute Gasteiger partial charge is 0.228 e. The Labute approximate surface area is 118 Å². The molecule has 2 aromatic rings. The maximum absolute atomic E-state index is 5.17. The van der Waals surface area contributed by atoms with E-state index in [9.17, 15) is 0 Å². The van der Waals surface area contributed by atoms with Gasteiger partial charge in [0.25, 0.3) is 0 Å². The van der Waals surface area contributed by atoms with Crippen LogP contribution < -0.4 is 5.32 Å². The van der Waals surface area contributed by atoms with E-state index in [1.807, 2.05) is 19.4 Å². The second-order valence-electron chi connectivity index (χ2n) is 5.77. The molecule has 0 radical (unpaired) electrons. The molecule has 0 aromatic carbocycles. The van der Waals surface area contributed by atoms with Gasteiger partial charge in [-0.3, -0.25) is 0 Å². The lowest BCUT2D eigenvalue weighted by Gasteiger charge is -2.34. The SMILES string of the molecule is Cc1noc(CCn2cncc2C2(C)CCNCC2)n1. The van der Waals surface area contributed by atoms with Crippen molar-refractivity contribution in [1.82, 2.24) is 25.0 Å². The topological polar surface area (TPSA) is 68.8 Å². The fourth-order valence-electron chi connectivity index (χ4n) is 2.89. The van der Waals surface area contributed by atoms with Gasteiger partial charge in [0.2, 0.25) is 5.89 Å². The third-order valence-corrected chi connectivity index (χ3v) is 4.17. The molecule has 0 unspecified atom stereocenters. The zero-order chi connectivity index (χ0) is 14.0. The number of hydrogen-bond acceptors (Lipinski definition) is 5. The van der Waals surface area contributed by atoms with Crippen molar-refractivity contribution in [3.63, 3.8) is 0 Å². The third kappa shape index (κ3) is 2.60. The molecule has 0 aliphatic carbocycles. The van der Waals surface area contributed by atoms with Crippen molar-refractivity contribution in [2.75, 3.05) is 13.1 Å². The first-order valence-electron chi connectivity index (χ1n) is 7.18. The first-order chi connectivity index (χ1) is 9.67. The molecule has 2 aromatic heterocycles. The highest BCUT2D eigenvalue weighted by Gasteiger charge is 2.31. The van der Waals surface area contributed by atoms with Gasteiger partial charge >= 0.3 is 0 Å². The van der Waals surface area contributed by atoms with Crippen LogP contribution in [0.3, 0.4) is 0 Å². The first kappa shape index (κ1) is 13.3. The van der Waals surface area contributed by atoms with Crippen LogP contribution >= 0.6 is 0 Å². The summed E-state index contributed by atoms with van der Waals surface area (Å²) in [6, 6.07) is 0. The Bertz CT molecular complexity index is 568. The second-order valence-corrected chi connectivity index (χ2v) is 5.77. The minimum Gasteiger partial charge on any atom is -0.339 e. The lowest BCUT2D eigenvalue weighted by molar-refractivity contribution is 0.313. The van der Waals surface area contributed by atoms with Crippen LogP contribution in [0.2, 0.25) is 0 Å². The van der Waals surface area contributed by atoms with Crippen molar-refractivity contribution in [2.24, 2.45) is 0 Å². The van der Waals surface area contributed by atoms with Gasteiger partial charge in [0.15, 0.2) is 5.82 Å². The van der Waals surface area contributed by atoms with Crippen LogP contribution in [0.1, 0.15) is 37.2 Å². The molecular formula is C14H21N5O. The summed E-state index contributed by atoms with van der Waals surface area (Å²) in [5, 5.41) is 7.24. The van der Waals surface area contributed by atoms with Crippen LogP contribution in [0.4, 0.5) is 0 Å². The van der Waals surface area contributed by atoms with Crippen molar-refractivity contribution in [3.8, 4) is 0 Å². The maximum atomic E-state index is 5.17. The van der Waals surface area contributed by atoms with Gasteiger partial charge < -0.3 is 14.4 Å². The summed E-state index contributed by atoms with van der Waals surface area (Å²) in [5.41, 5.74) is 1.53. The summed E-state index contributed by atoms with van der Waals surface area (Å²) in [4.78, 5) is 8.58. The quantitative estimate of drug-likeness (QED) is 0.915. The number of aryl methyl sites for hydroxylation is 3. The average molecular weight is 275 g/mol. The predicted molar refractivity (Wildman–Crippen MR) is 74.4 cm³/mol. The second kappa shape index (κ2) is 5.36. The van der Waals surface area contributed by atoms with Crippen molar-refractivity contribution in [3.05, 3.63) is 29.9 Å². The van der Waals surface area contributed by atoms with Crippen LogP contribution in [-0.2, 0) is 18.4 Å². The van der Waals surface area contributed by atoms with Crippen molar-refractivity contribution >= 4 is 0 Å². The Balaban J connectivity index is 1.73. The molecule has 1 aliphatic heterocycles. The molecule has 0 atom stereocenters. The zero-order valence-corrected chi connectivity index (χ0v) is 12.1. The zero-order valence-electron chi connectivity index (χ0n) is 12.1. The minimum atomic E-state index is 0.215. The van der Waals surface area contributed by atoms with E-state index >= 15 is 0 Å². The van der Waals surface area contributed by atoms with Crippen LogP contribution in [0, 0.1) is 6.92 Å². The summed E-state index contributed by atoms with van der Waals surface area (Å²) < 4.78 is 7.40. The van der Waals surface area contributed by atoms with E-state index in [0.29, 0.717) is 11.7 Å². The molecule has 6 nitrogen and oxygen atoms in total. The van der Waals surface area contributed by atoms with E-state index in [2.05, 4.69) is 31.9 Å². The van der Waals surface area contributed by atoms with Gasteiger partial charge in [-0.15, -0.1) is 0 Å². The summed E-state index contributed by atoms with van der Waals surface area (Å²) in [6.07, 6.45) is 6.96. The lowest BCUT2D eigenvalue weighted by Crippen LogP contribution is -2.39. The molecule has 3 heterocycles. The molecule has 0 spiro atoms. The molecule has 20 heavy (non-hydrogen) atoms. The van der Waals surface area contributed by atoms with Crippen molar-refractivity contribution < 1.29 is 4.52 Å². The number of aromatic nitrogens is 4. The molecule has 1 N–H and O–H groups in total. The first-order valence-corrected chi connectivity index (χ1v) is 7.18. The van der Waals surface area contributed by atoms with E-state index in [1.165, 1.54) is 5.69 Å². The highest BCUT2D eigenvalue weighted by atomic mass is 16.5. The molecular weight excluding hydrogens is 254 g/mol. The third-order valence-electron chi connectivity index (χ3n) is 4.17. The average Bonchev–Trinajstić information content (AvgIpc) is 3.06. The number of nitrogens with zero attached hydrogens (tertiary/aromatic N) is 4. The Hall–Kier alpha value is -1.69. The highest BCUT2D eigenvalue weighted by molar-refractivity contribution is 5.15. The molecule has 1 aliphatic rings. The number of imidazole rings is 1. The van der Waals surface area contributed by atoms with E-state index < -0.39 is 0 Å². The number of piperidine rings is 1. The van der Waals surface area contributed by atoms with Crippen LogP contribution in [0.25, 0.3) is 0 Å². The normalized spacial score (nSPS) is 18.3. The Morgan fingerprint density at radius 3 is 2.90 bits per heavy atom. The number of nitrogens with one attached hydrogen (secondary N) is 1. The molecule has 1 fully saturated rings. The van der Waals surface area contributed by atoms with Gasteiger partial charge in [-0.1, -0.05) is 12.1 Å². The number of rotatable bonds is 4. The minimum absolute atomic E-state index is 0.215. The molecule has 108 valence electrons. The Kier molecular flexibility index (Phi) is 3.56. The van der Waals surface area contributed by atoms with Crippen LogP contribution in [0.15, 0.2) is 17.0 Å². The van der Waals surface area contributed by atoms with E-state index in [-0.39, 0.29) is 5.41 Å². The molecule has 0 bridgehead atoms. The van der Waals surface area contributed by atoms with Gasteiger partial charge in [0.1, 0.15) is 0 Å². The molecule has 0 amide bonds. The number of hydrogen-bond donors (Lipinski definition) is 1. The van der Waals surface area contributed by atoms with E-state index in [0.717, 1.165) is 38.9 Å². The lowest BCUT2D eigenvalue weighted by atomic mass is 9.78. The summed E-state index contributed by atoms with van der Waals surface area (Å²) in [5.74, 6) is 1.38. The molecule has 6 heteroatoms. The van der Waals surface area contributed by atoms with E-state index in [1.54, 1.807) is 0 Å². The maximum Gasteiger partial charge on any atom is 0.228 e. The monoisotopic (exact) mass is 275 g/mol. The highest BCUT2D eigenvalue weighted by Crippen LogP contribution is 2.32. The molecule has 0 saturated carbocycles. The van der Waals surface area contributed by atoms with Gasteiger partial charge in [0, 0.05) is 30.3 Å². The van der Waals surface area contributed by atoms with Crippen molar-refractivity contribution in [2.45, 2.75) is 45.1 Å². The van der Waals surface area contributed by atoms with Gasteiger partial charge in [-0.25, -0.2) is 4.98 Å². The Morgan fingerprint density at radius 1 is 1.40 bits per heavy atom. The van der Waals surface area contributed by atoms with Crippen molar-refractivity contribution in [1.29, 1.82) is 0 Å². The largest absolute Gasteiger partial charge is 0.339 e. The summed E-state index contributed by atoms with van der Waals surface area (Å²) in [7, 11) is 0. The predicted octanol–water partition coefficient (Wildman–Crippen LogP) is 1.46. The fourth-order valence-corrected chi connectivity index (χ4v) is 2.89. The van der Waals surface area contributed by atoms with Gasteiger partial charge in [-0.05, 0) is 32.9 Å². The van der Waals surface area contributed by atoms with Crippen LogP contribution in [-0.4, -0.2) is 32.8 Å². The van der Waals surface area contributed by atoms with Crippen LogP contribution in [0.5, 0.6) is 0 Å². The fraction of sp³-hybridized carbons (Fsp3) is 0.643. The van der Waals surface area contributed by atoms with Gasteiger partial charge in [0.05, 0.1) is 6.33 Å². The standard InChI is InChI=1S/C14H21N5O/c1-11-17-13(20-18-11)3-8-19-10-16-9-12(19)14(2)4-6-15-7-5-14/h9-10,15H,3-8H2,1-2H3. The molecule has 3 rings (SSSR count). The van der Waals surface area contributed by atoms with E-state index in [4.69, 9.17) is 4.52 Å². The van der Waals surface area contributed by atoms with Gasteiger partial charge in [-0.2, -0.15) is 4.98 Å². The Morgan fingerprint density at radius 2 is 2.20 bits per heavy atom. The summed E-state index contributed by atoms with van der Waals surface area (Å²) >= 11 is 0.